The average molecular weight is 518 g/mol. The summed E-state index contributed by atoms with van der Waals surface area (Å²) in [5, 5.41) is 20.3. The second-order valence-corrected chi connectivity index (χ2v) is 9.62. The van der Waals surface area contributed by atoms with E-state index in [0.29, 0.717) is 31.8 Å². The van der Waals surface area contributed by atoms with Crippen LogP contribution in [-0.4, -0.2) is 106 Å². The van der Waals surface area contributed by atoms with E-state index in [2.05, 4.69) is 30.4 Å². The van der Waals surface area contributed by atoms with Crippen molar-refractivity contribution in [3.63, 3.8) is 0 Å². The molecule has 13 heteroatoms. The van der Waals surface area contributed by atoms with Gasteiger partial charge in [-0.3, -0.25) is 19.3 Å². The Labute approximate surface area is 213 Å². The molecule has 0 unspecified atom stereocenters. The molecule has 2 aromatic rings. The summed E-state index contributed by atoms with van der Waals surface area (Å²) in [6, 6.07) is 6.65. The lowest BCUT2D eigenvalue weighted by molar-refractivity contribution is -0.152. The van der Waals surface area contributed by atoms with Crippen molar-refractivity contribution < 1.29 is 28.6 Å². The molecule has 1 atom stereocenters. The van der Waals surface area contributed by atoms with Gasteiger partial charge in [0.05, 0.1) is 11.8 Å². The van der Waals surface area contributed by atoms with Crippen molar-refractivity contribution in [1.82, 2.24) is 30.4 Å². The average Bonchev–Trinajstić information content (AvgIpc) is 3.52. The van der Waals surface area contributed by atoms with Crippen LogP contribution in [0.5, 0.6) is 0 Å². The number of ether oxygens (including phenoxy) is 1. The summed E-state index contributed by atoms with van der Waals surface area (Å²) in [7, 11) is 0. The first kappa shape index (κ1) is 26.5. The number of carboxylic acid groups (broad SMARTS) is 1. The highest BCUT2D eigenvalue weighted by atomic mass is 19.1. The van der Waals surface area contributed by atoms with Gasteiger partial charge in [-0.1, -0.05) is 0 Å². The third-order valence-corrected chi connectivity index (χ3v) is 7.44. The van der Waals surface area contributed by atoms with Crippen LogP contribution in [0.1, 0.15) is 31.5 Å². The molecule has 200 valence electrons. The Balaban J connectivity index is 0.00000102. The molecular formula is C24H32FN7O5. The first-order valence-electron chi connectivity index (χ1n) is 12.4. The highest BCUT2D eigenvalue weighted by Crippen LogP contribution is 2.44. The smallest absolute Gasteiger partial charge is 0.312 e. The molecule has 0 saturated carbocycles. The zero-order chi connectivity index (χ0) is 26.3. The number of nitrogens with zero attached hydrogens (tertiary/aromatic N) is 6. The minimum absolute atomic E-state index is 0.0314. The number of anilines is 1. The molecule has 3 aliphatic rings. The van der Waals surface area contributed by atoms with Crippen molar-refractivity contribution in [2.45, 2.75) is 38.2 Å². The van der Waals surface area contributed by atoms with Gasteiger partial charge in [-0.2, -0.15) is 0 Å². The van der Waals surface area contributed by atoms with Crippen LogP contribution in [0.3, 0.4) is 0 Å². The second-order valence-electron chi connectivity index (χ2n) is 9.62. The molecule has 1 spiro atoms. The topological polar surface area (TPSA) is 145 Å². The lowest BCUT2D eigenvalue weighted by atomic mass is 9.75. The SMILES string of the molecule is O=C(Cc1nnn[nH]1)N1CCC2(CC1)C[C@H](CCN1CCN(c3ccc(F)cc3)CC1)OC2=O.O=CO. The van der Waals surface area contributed by atoms with Crippen LogP contribution in [-0.2, 0) is 25.5 Å². The number of likely N-dealkylation sites (tertiary alicyclic amines) is 1. The van der Waals surface area contributed by atoms with Crippen LogP contribution in [0.4, 0.5) is 10.1 Å². The van der Waals surface area contributed by atoms with E-state index in [-0.39, 0.29) is 36.7 Å². The fraction of sp³-hybridized carbons (Fsp3) is 0.583. The summed E-state index contributed by atoms with van der Waals surface area (Å²) in [6.45, 7) is 5.40. The molecule has 0 aliphatic carbocycles. The predicted octanol–water partition coefficient (Wildman–Crippen LogP) is 0.719. The number of nitrogens with one attached hydrogen (secondary N) is 1. The minimum atomic E-state index is -0.462. The number of halogens is 1. The van der Waals surface area contributed by atoms with E-state index >= 15 is 0 Å². The van der Waals surface area contributed by atoms with E-state index in [1.165, 1.54) is 12.1 Å². The van der Waals surface area contributed by atoms with Crippen LogP contribution in [0.2, 0.25) is 0 Å². The number of tetrazole rings is 1. The molecule has 1 aromatic carbocycles. The standard InChI is InChI=1S/C23H30FN7O3.CH2O2/c24-17-1-3-18(4-2-17)30-13-11-29(12-14-30)8-5-19-16-23(22(33)34-19)6-9-31(10-7-23)21(32)15-20-25-27-28-26-20;2-1-3/h1-4,19H,5-16H2,(H,25,26,27,28);1H,(H,2,3)/t19-;/m0./s1. The van der Waals surface area contributed by atoms with Gasteiger partial charge in [0.1, 0.15) is 11.9 Å². The van der Waals surface area contributed by atoms with E-state index in [4.69, 9.17) is 14.6 Å². The van der Waals surface area contributed by atoms with Crippen molar-refractivity contribution >= 4 is 24.0 Å². The molecule has 5 rings (SSSR count). The molecule has 1 aromatic heterocycles. The Hall–Kier alpha value is -3.61. The number of benzene rings is 1. The Morgan fingerprint density at radius 1 is 1.16 bits per heavy atom. The molecule has 12 nitrogen and oxygen atoms in total. The molecule has 3 aliphatic heterocycles. The van der Waals surface area contributed by atoms with Crippen LogP contribution >= 0.6 is 0 Å². The molecule has 37 heavy (non-hydrogen) atoms. The second kappa shape index (κ2) is 12.1. The van der Waals surface area contributed by atoms with Crippen LogP contribution in [0, 0.1) is 11.2 Å². The highest BCUT2D eigenvalue weighted by molar-refractivity contribution is 5.81. The summed E-state index contributed by atoms with van der Waals surface area (Å²) in [5.41, 5.74) is 0.589. The summed E-state index contributed by atoms with van der Waals surface area (Å²) in [6.07, 6.45) is 2.91. The maximum absolute atomic E-state index is 13.2. The van der Waals surface area contributed by atoms with Crippen molar-refractivity contribution in [1.29, 1.82) is 0 Å². The van der Waals surface area contributed by atoms with E-state index in [1.807, 2.05) is 12.1 Å². The monoisotopic (exact) mass is 517 g/mol. The number of cyclic esters (lactones) is 1. The van der Waals surface area contributed by atoms with Gasteiger partial charge in [0, 0.05) is 57.9 Å². The number of aromatic amines is 1. The van der Waals surface area contributed by atoms with Gasteiger partial charge < -0.3 is 19.6 Å². The van der Waals surface area contributed by atoms with Crippen molar-refractivity contribution in [2.24, 2.45) is 5.41 Å². The van der Waals surface area contributed by atoms with Crippen LogP contribution < -0.4 is 4.90 Å². The van der Waals surface area contributed by atoms with Crippen molar-refractivity contribution in [2.75, 3.05) is 50.7 Å². The number of aromatic nitrogens is 4. The quantitative estimate of drug-likeness (QED) is 0.415. The van der Waals surface area contributed by atoms with Crippen LogP contribution in [0.25, 0.3) is 0 Å². The molecule has 3 fully saturated rings. The highest BCUT2D eigenvalue weighted by Gasteiger charge is 2.50. The number of piperazine rings is 1. The third kappa shape index (κ3) is 6.59. The first-order valence-corrected chi connectivity index (χ1v) is 12.4. The molecule has 0 radical (unpaired) electrons. The predicted molar refractivity (Wildman–Crippen MR) is 129 cm³/mol. The van der Waals surface area contributed by atoms with E-state index < -0.39 is 5.41 Å². The number of amides is 1. The van der Waals surface area contributed by atoms with Gasteiger partial charge in [0.15, 0.2) is 5.82 Å². The normalized spacial score (nSPS) is 21.3. The number of hydrogen-bond acceptors (Lipinski definition) is 9. The minimum Gasteiger partial charge on any atom is -0.483 e. The van der Waals surface area contributed by atoms with Gasteiger partial charge in [-0.05, 0) is 54.0 Å². The van der Waals surface area contributed by atoms with Crippen LogP contribution in [0.15, 0.2) is 24.3 Å². The molecule has 4 heterocycles. The zero-order valence-corrected chi connectivity index (χ0v) is 20.6. The lowest BCUT2D eigenvalue weighted by Crippen LogP contribution is -2.47. The Morgan fingerprint density at radius 3 is 2.46 bits per heavy atom. The fourth-order valence-corrected chi connectivity index (χ4v) is 5.31. The lowest BCUT2D eigenvalue weighted by Gasteiger charge is -2.37. The number of H-pyrrole nitrogens is 1. The van der Waals surface area contributed by atoms with E-state index in [0.717, 1.165) is 51.3 Å². The fourth-order valence-electron chi connectivity index (χ4n) is 5.31. The van der Waals surface area contributed by atoms with Gasteiger partial charge in [0.2, 0.25) is 5.91 Å². The maximum atomic E-state index is 13.2. The number of rotatable bonds is 6. The van der Waals surface area contributed by atoms with E-state index in [9.17, 15) is 14.0 Å². The third-order valence-electron chi connectivity index (χ3n) is 7.44. The van der Waals surface area contributed by atoms with E-state index in [1.54, 1.807) is 4.90 Å². The van der Waals surface area contributed by atoms with Crippen molar-refractivity contribution in [3.05, 3.63) is 35.9 Å². The summed E-state index contributed by atoms with van der Waals surface area (Å²) in [4.78, 5) is 40.1. The number of carbonyl (C=O) groups excluding carboxylic acids is 2. The molecule has 2 N–H and O–H groups in total. The molecular weight excluding hydrogens is 485 g/mol. The molecule has 0 bridgehead atoms. The zero-order valence-electron chi connectivity index (χ0n) is 20.6. The summed E-state index contributed by atoms with van der Waals surface area (Å²) < 4.78 is 18.9. The Kier molecular flexibility index (Phi) is 8.64. The molecule has 1 amide bonds. The largest absolute Gasteiger partial charge is 0.483 e. The summed E-state index contributed by atoms with van der Waals surface area (Å²) in [5.74, 6) is 0.0953. The van der Waals surface area contributed by atoms with Gasteiger partial charge in [-0.25, -0.2) is 9.49 Å². The number of piperidine rings is 1. The number of hydrogen-bond donors (Lipinski definition) is 2. The van der Waals surface area contributed by atoms with Crippen molar-refractivity contribution in [3.8, 4) is 0 Å². The summed E-state index contributed by atoms with van der Waals surface area (Å²) >= 11 is 0. The number of carbonyl (C=O) groups is 3. The van der Waals surface area contributed by atoms with Gasteiger partial charge >= 0.3 is 5.97 Å². The maximum Gasteiger partial charge on any atom is 0.312 e. The van der Waals surface area contributed by atoms with Gasteiger partial charge in [0.25, 0.3) is 6.47 Å². The van der Waals surface area contributed by atoms with Gasteiger partial charge in [-0.15, -0.1) is 5.10 Å². The Morgan fingerprint density at radius 2 is 1.84 bits per heavy atom. The number of esters is 1. The first-order chi connectivity index (χ1) is 17.9. The Bertz CT molecular complexity index is 1040. The molecule has 3 saturated heterocycles.